The fraction of sp³-hybridized carbons (Fsp3) is 0.471. The first-order chi connectivity index (χ1) is 10.6. The van der Waals surface area contributed by atoms with Crippen LogP contribution in [0.5, 0.6) is 0 Å². The third-order valence-electron chi connectivity index (χ3n) is 3.47. The maximum atomic E-state index is 12.3. The lowest BCUT2D eigenvalue weighted by molar-refractivity contribution is -0.117. The average Bonchev–Trinajstić information content (AvgIpc) is 2.50. The van der Waals surface area contributed by atoms with E-state index < -0.39 is 23.2 Å². The second-order valence-corrected chi connectivity index (χ2v) is 6.34. The lowest BCUT2D eigenvalue weighted by Gasteiger charge is -2.36. The van der Waals surface area contributed by atoms with Crippen LogP contribution in [0, 0.1) is 0 Å². The lowest BCUT2D eigenvalue weighted by atomic mass is 9.88. The van der Waals surface area contributed by atoms with E-state index >= 15 is 0 Å². The number of esters is 1. The van der Waals surface area contributed by atoms with Crippen molar-refractivity contribution >= 4 is 18.3 Å². The van der Waals surface area contributed by atoms with Crippen molar-refractivity contribution in [1.82, 2.24) is 4.90 Å². The molecule has 126 valence electrons. The number of nitrogens with zero attached hydrogens (tertiary/aromatic N) is 1. The standard InChI is InChI=1S/C17H23NO5/c1-16(2,3)23-15(21)18(5)17(4,11-19)13-10-8-7-9-12(13)14(20)22-6/h7-11H,1-6H3. The molecule has 0 aromatic heterocycles. The van der Waals surface area contributed by atoms with Gasteiger partial charge in [-0.15, -0.1) is 0 Å². The third-order valence-corrected chi connectivity index (χ3v) is 3.47. The van der Waals surface area contributed by atoms with Crippen molar-refractivity contribution in [1.29, 1.82) is 0 Å². The van der Waals surface area contributed by atoms with Crippen LogP contribution in [-0.4, -0.2) is 43.0 Å². The molecule has 0 aliphatic rings. The highest BCUT2D eigenvalue weighted by atomic mass is 16.6. The second-order valence-electron chi connectivity index (χ2n) is 6.34. The van der Waals surface area contributed by atoms with Gasteiger partial charge in [0, 0.05) is 7.05 Å². The molecule has 1 amide bonds. The fourth-order valence-corrected chi connectivity index (χ4v) is 2.06. The van der Waals surface area contributed by atoms with E-state index in [1.807, 2.05) is 0 Å². The van der Waals surface area contributed by atoms with E-state index in [-0.39, 0.29) is 5.56 Å². The minimum atomic E-state index is -1.37. The summed E-state index contributed by atoms with van der Waals surface area (Å²) in [6.45, 7) is 6.75. The highest BCUT2D eigenvalue weighted by Crippen LogP contribution is 2.30. The number of ether oxygens (including phenoxy) is 2. The summed E-state index contributed by atoms with van der Waals surface area (Å²) in [5, 5.41) is 0. The Morgan fingerprint density at radius 2 is 1.70 bits per heavy atom. The molecule has 0 N–H and O–H groups in total. The van der Waals surface area contributed by atoms with E-state index in [1.165, 1.54) is 19.1 Å². The molecule has 6 nitrogen and oxygen atoms in total. The molecule has 0 spiro atoms. The molecule has 23 heavy (non-hydrogen) atoms. The number of likely N-dealkylation sites (N-methyl/N-ethyl adjacent to an activating group) is 1. The molecule has 0 fully saturated rings. The summed E-state index contributed by atoms with van der Waals surface area (Å²) in [6.07, 6.45) is -0.0506. The zero-order valence-electron chi connectivity index (χ0n) is 14.4. The van der Waals surface area contributed by atoms with Crippen molar-refractivity contribution in [2.75, 3.05) is 14.2 Å². The molecule has 0 saturated heterocycles. The Hall–Kier alpha value is -2.37. The Morgan fingerprint density at radius 3 is 2.17 bits per heavy atom. The predicted octanol–water partition coefficient (Wildman–Crippen LogP) is 2.75. The molecule has 1 unspecified atom stereocenters. The largest absolute Gasteiger partial charge is 0.465 e. The quantitative estimate of drug-likeness (QED) is 0.630. The van der Waals surface area contributed by atoms with Crippen molar-refractivity contribution < 1.29 is 23.9 Å². The summed E-state index contributed by atoms with van der Waals surface area (Å²) >= 11 is 0. The van der Waals surface area contributed by atoms with Crippen molar-refractivity contribution in [3.63, 3.8) is 0 Å². The maximum Gasteiger partial charge on any atom is 0.411 e. The van der Waals surface area contributed by atoms with Gasteiger partial charge in [-0.25, -0.2) is 9.59 Å². The van der Waals surface area contributed by atoms with Crippen molar-refractivity contribution in [2.45, 2.75) is 38.8 Å². The molecule has 0 saturated carbocycles. The van der Waals surface area contributed by atoms with Crippen LogP contribution in [0.25, 0.3) is 0 Å². The van der Waals surface area contributed by atoms with E-state index in [1.54, 1.807) is 52.0 Å². The molecule has 1 atom stereocenters. The molecule has 1 aromatic rings. The molecule has 6 heteroatoms. The first-order valence-electron chi connectivity index (χ1n) is 7.18. The van der Waals surface area contributed by atoms with E-state index in [2.05, 4.69) is 0 Å². The molecule has 0 aliphatic heterocycles. The van der Waals surface area contributed by atoms with Crippen LogP contribution in [-0.2, 0) is 19.8 Å². The van der Waals surface area contributed by atoms with Gasteiger partial charge in [0.2, 0.25) is 0 Å². The van der Waals surface area contributed by atoms with Crippen LogP contribution in [0.4, 0.5) is 4.79 Å². The van der Waals surface area contributed by atoms with Gasteiger partial charge >= 0.3 is 12.1 Å². The van der Waals surface area contributed by atoms with Crippen LogP contribution < -0.4 is 0 Å². The van der Waals surface area contributed by atoms with Gasteiger partial charge in [-0.2, -0.15) is 0 Å². The number of rotatable bonds is 4. The van der Waals surface area contributed by atoms with Gasteiger partial charge in [-0.1, -0.05) is 18.2 Å². The first-order valence-corrected chi connectivity index (χ1v) is 7.18. The van der Waals surface area contributed by atoms with Gasteiger partial charge in [-0.05, 0) is 39.3 Å². The summed E-state index contributed by atoms with van der Waals surface area (Å²) in [5.41, 5.74) is -1.47. The minimum Gasteiger partial charge on any atom is -0.465 e. The minimum absolute atomic E-state index is 0.222. The Morgan fingerprint density at radius 1 is 1.13 bits per heavy atom. The lowest BCUT2D eigenvalue weighted by Crippen LogP contribution is -2.48. The van der Waals surface area contributed by atoms with Crippen molar-refractivity contribution in [2.24, 2.45) is 0 Å². The zero-order chi connectivity index (χ0) is 17.8. The molecule has 0 radical (unpaired) electrons. The first kappa shape index (κ1) is 18.7. The Balaban J connectivity index is 3.32. The second kappa shape index (κ2) is 6.81. The predicted molar refractivity (Wildman–Crippen MR) is 85.2 cm³/mol. The van der Waals surface area contributed by atoms with Crippen LogP contribution in [0.1, 0.15) is 43.6 Å². The number of aldehydes is 1. The van der Waals surface area contributed by atoms with Gasteiger partial charge in [0.1, 0.15) is 17.4 Å². The van der Waals surface area contributed by atoms with Crippen molar-refractivity contribution in [3.05, 3.63) is 35.4 Å². The number of carbonyl (C=O) groups is 3. The van der Waals surface area contributed by atoms with Crippen LogP contribution in [0.3, 0.4) is 0 Å². The molecule has 0 bridgehead atoms. The number of hydrogen-bond donors (Lipinski definition) is 0. The normalized spacial score (nSPS) is 13.7. The monoisotopic (exact) mass is 321 g/mol. The van der Waals surface area contributed by atoms with Gasteiger partial charge in [-0.3, -0.25) is 4.90 Å². The topological polar surface area (TPSA) is 72.9 Å². The van der Waals surface area contributed by atoms with Crippen LogP contribution in [0.15, 0.2) is 24.3 Å². The average molecular weight is 321 g/mol. The number of hydrogen-bond acceptors (Lipinski definition) is 5. The van der Waals surface area contributed by atoms with Gasteiger partial charge in [0.25, 0.3) is 0 Å². The number of benzene rings is 1. The summed E-state index contributed by atoms with van der Waals surface area (Å²) in [6, 6.07) is 6.51. The summed E-state index contributed by atoms with van der Waals surface area (Å²) in [5.74, 6) is -0.578. The molecular weight excluding hydrogens is 298 g/mol. The SMILES string of the molecule is COC(=O)c1ccccc1C(C)(C=O)N(C)C(=O)OC(C)(C)C. The smallest absolute Gasteiger partial charge is 0.411 e. The molecule has 0 aliphatic carbocycles. The summed E-state index contributed by atoms with van der Waals surface area (Å²) in [4.78, 5) is 37.2. The highest BCUT2D eigenvalue weighted by Gasteiger charge is 2.39. The Kier molecular flexibility index (Phi) is 5.53. The van der Waals surface area contributed by atoms with E-state index in [4.69, 9.17) is 9.47 Å². The number of amides is 1. The van der Waals surface area contributed by atoms with Crippen LogP contribution in [0.2, 0.25) is 0 Å². The van der Waals surface area contributed by atoms with Gasteiger partial charge < -0.3 is 14.3 Å². The van der Waals surface area contributed by atoms with Crippen molar-refractivity contribution in [3.8, 4) is 0 Å². The summed E-state index contributed by atoms with van der Waals surface area (Å²) < 4.78 is 10.1. The fourth-order valence-electron chi connectivity index (χ4n) is 2.06. The molecule has 0 heterocycles. The van der Waals surface area contributed by atoms with E-state index in [0.717, 1.165) is 0 Å². The molecule has 1 rings (SSSR count). The summed E-state index contributed by atoms with van der Waals surface area (Å²) in [7, 11) is 2.71. The Labute approximate surface area is 136 Å². The van der Waals surface area contributed by atoms with E-state index in [0.29, 0.717) is 11.8 Å². The molecule has 1 aromatic carbocycles. The maximum absolute atomic E-state index is 12.3. The number of carbonyl (C=O) groups excluding carboxylic acids is 3. The van der Waals surface area contributed by atoms with Crippen LogP contribution >= 0.6 is 0 Å². The van der Waals surface area contributed by atoms with Gasteiger partial charge in [0.15, 0.2) is 0 Å². The third kappa shape index (κ3) is 4.09. The zero-order valence-corrected chi connectivity index (χ0v) is 14.4. The number of methoxy groups -OCH3 is 1. The Bertz CT molecular complexity index is 605. The molecular formula is C17H23NO5. The van der Waals surface area contributed by atoms with Gasteiger partial charge in [0.05, 0.1) is 12.7 Å². The van der Waals surface area contributed by atoms with E-state index in [9.17, 15) is 14.4 Å². The highest BCUT2D eigenvalue weighted by molar-refractivity contribution is 5.93.